The summed E-state index contributed by atoms with van der Waals surface area (Å²) in [6.45, 7) is 11.3. The van der Waals surface area contributed by atoms with Crippen molar-refractivity contribution in [1.29, 1.82) is 5.26 Å². The highest BCUT2D eigenvalue weighted by Gasteiger charge is 2.33. The van der Waals surface area contributed by atoms with E-state index in [0.29, 0.717) is 5.56 Å². The molecule has 0 aliphatic carbocycles. The molecule has 0 saturated carbocycles. The Kier molecular flexibility index (Phi) is 4.94. The van der Waals surface area contributed by atoms with Crippen LogP contribution in [0.2, 0.25) is 0 Å². The summed E-state index contributed by atoms with van der Waals surface area (Å²) in [6.07, 6.45) is 2.12. The van der Waals surface area contributed by atoms with E-state index in [1.165, 1.54) is 0 Å². The zero-order chi connectivity index (χ0) is 18.0. The molecule has 132 valence electrons. The topological polar surface area (TPSA) is 61.2 Å². The van der Waals surface area contributed by atoms with E-state index in [9.17, 15) is 5.26 Å². The Balaban J connectivity index is 1.83. The van der Waals surface area contributed by atoms with Crippen molar-refractivity contribution in [2.75, 3.05) is 25.0 Å². The molecule has 3 rings (SSSR count). The first-order valence-electron chi connectivity index (χ1n) is 8.83. The van der Waals surface area contributed by atoms with Crippen molar-refractivity contribution in [1.82, 2.24) is 9.88 Å². The number of nitriles is 1. The second kappa shape index (κ2) is 6.99. The maximum Gasteiger partial charge on any atom is 0.103 e. The number of benzene rings is 1. The van der Waals surface area contributed by atoms with Gasteiger partial charge in [0.05, 0.1) is 29.0 Å². The number of para-hydroxylation sites is 1. The number of nitrogens with zero attached hydrogens (tertiary/aromatic N) is 3. The zero-order valence-electron chi connectivity index (χ0n) is 15.4. The smallest absolute Gasteiger partial charge is 0.103 e. The van der Waals surface area contributed by atoms with Gasteiger partial charge in [0.25, 0.3) is 0 Å². The first-order chi connectivity index (χ1) is 11.9. The summed E-state index contributed by atoms with van der Waals surface area (Å²) in [6, 6.07) is 10.2. The number of anilines is 1. The SMILES string of the molecule is CC1CN(C(C)(C)CNc2c(C#N)cnc3ccccc23)CC(C)O1. The molecule has 2 heterocycles. The Labute approximate surface area is 149 Å². The number of pyridine rings is 1. The Bertz CT molecular complexity index is 786. The van der Waals surface area contributed by atoms with Crippen LogP contribution in [-0.4, -0.2) is 47.3 Å². The van der Waals surface area contributed by atoms with Crippen molar-refractivity contribution in [3.63, 3.8) is 0 Å². The molecule has 2 aromatic rings. The lowest BCUT2D eigenvalue weighted by Gasteiger charge is -2.45. The molecule has 0 radical (unpaired) electrons. The van der Waals surface area contributed by atoms with E-state index in [1.807, 2.05) is 24.3 Å². The minimum atomic E-state index is -0.0522. The summed E-state index contributed by atoms with van der Waals surface area (Å²) < 4.78 is 5.86. The van der Waals surface area contributed by atoms with Crippen LogP contribution in [0.25, 0.3) is 10.9 Å². The molecule has 1 aliphatic rings. The highest BCUT2D eigenvalue weighted by Crippen LogP contribution is 2.27. The fourth-order valence-electron chi connectivity index (χ4n) is 3.51. The molecule has 1 aromatic heterocycles. The molecule has 1 aromatic carbocycles. The van der Waals surface area contributed by atoms with Gasteiger partial charge in [0.15, 0.2) is 0 Å². The van der Waals surface area contributed by atoms with Crippen molar-refractivity contribution in [3.05, 3.63) is 36.0 Å². The fourth-order valence-corrected chi connectivity index (χ4v) is 3.51. The van der Waals surface area contributed by atoms with Crippen LogP contribution in [0.4, 0.5) is 5.69 Å². The Morgan fingerprint density at radius 2 is 1.96 bits per heavy atom. The first kappa shape index (κ1) is 17.7. The van der Waals surface area contributed by atoms with Crippen LogP contribution in [0, 0.1) is 11.3 Å². The standard InChI is InChI=1S/C20H26N4O/c1-14-11-24(12-15(2)25-14)20(3,4)13-23-19-16(9-21)10-22-18-8-6-5-7-17(18)19/h5-8,10,14-15H,11-13H2,1-4H3,(H,22,23). The lowest BCUT2D eigenvalue weighted by Crippen LogP contribution is -2.57. The minimum absolute atomic E-state index is 0.0522. The zero-order valence-corrected chi connectivity index (χ0v) is 15.4. The second-order valence-electron chi connectivity index (χ2n) is 7.50. The van der Waals surface area contributed by atoms with E-state index in [1.54, 1.807) is 6.20 Å². The van der Waals surface area contributed by atoms with E-state index in [0.717, 1.165) is 36.2 Å². The van der Waals surface area contributed by atoms with Crippen LogP contribution in [-0.2, 0) is 4.74 Å². The van der Waals surface area contributed by atoms with Crippen LogP contribution >= 0.6 is 0 Å². The van der Waals surface area contributed by atoms with Crippen LogP contribution in [0.1, 0.15) is 33.3 Å². The predicted molar refractivity (Wildman–Crippen MR) is 101 cm³/mol. The van der Waals surface area contributed by atoms with E-state index in [2.05, 4.69) is 49.0 Å². The first-order valence-corrected chi connectivity index (χ1v) is 8.83. The van der Waals surface area contributed by atoms with Gasteiger partial charge in [-0.3, -0.25) is 9.88 Å². The lowest BCUT2D eigenvalue weighted by molar-refractivity contribution is -0.0933. The summed E-state index contributed by atoms with van der Waals surface area (Å²) >= 11 is 0. The third-order valence-electron chi connectivity index (χ3n) is 4.87. The highest BCUT2D eigenvalue weighted by atomic mass is 16.5. The number of nitrogens with one attached hydrogen (secondary N) is 1. The van der Waals surface area contributed by atoms with Gasteiger partial charge in [-0.05, 0) is 33.8 Å². The summed E-state index contributed by atoms with van der Waals surface area (Å²) in [5.74, 6) is 0. The van der Waals surface area contributed by atoms with Crippen molar-refractivity contribution in [2.45, 2.75) is 45.4 Å². The number of fused-ring (bicyclic) bond motifs is 1. The highest BCUT2D eigenvalue weighted by molar-refractivity contribution is 5.93. The van der Waals surface area contributed by atoms with E-state index < -0.39 is 0 Å². The minimum Gasteiger partial charge on any atom is -0.382 e. The summed E-state index contributed by atoms with van der Waals surface area (Å²) in [5, 5.41) is 14.0. The molecule has 1 N–H and O–H groups in total. The monoisotopic (exact) mass is 338 g/mol. The second-order valence-corrected chi connectivity index (χ2v) is 7.50. The van der Waals surface area contributed by atoms with Gasteiger partial charge in [-0.2, -0.15) is 5.26 Å². The number of aromatic nitrogens is 1. The van der Waals surface area contributed by atoms with Gasteiger partial charge in [0.2, 0.25) is 0 Å². The number of hydrogen-bond acceptors (Lipinski definition) is 5. The number of hydrogen-bond donors (Lipinski definition) is 1. The van der Waals surface area contributed by atoms with Crippen molar-refractivity contribution in [3.8, 4) is 6.07 Å². The van der Waals surface area contributed by atoms with Crippen molar-refractivity contribution >= 4 is 16.6 Å². The molecule has 25 heavy (non-hydrogen) atoms. The molecule has 0 bridgehead atoms. The average Bonchev–Trinajstić information content (AvgIpc) is 2.58. The molecular formula is C20H26N4O. The van der Waals surface area contributed by atoms with Gasteiger partial charge < -0.3 is 10.1 Å². The number of morpholine rings is 1. The van der Waals surface area contributed by atoms with Crippen LogP contribution in [0.15, 0.2) is 30.5 Å². The van der Waals surface area contributed by atoms with Crippen molar-refractivity contribution < 1.29 is 4.74 Å². The molecule has 1 aliphatic heterocycles. The third-order valence-corrected chi connectivity index (χ3v) is 4.87. The Hall–Kier alpha value is -2.16. The van der Waals surface area contributed by atoms with E-state index >= 15 is 0 Å². The maximum atomic E-state index is 9.47. The number of rotatable bonds is 4. The van der Waals surface area contributed by atoms with Gasteiger partial charge in [-0.25, -0.2) is 0 Å². The van der Waals surface area contributed by atoms with Crippen LogP contribution < -0.4 is 5.32 Å². The summed E-state index contributed by atoms with van der Waals surface area (Å²) in [4.78, 5) is 6.84. The molecular weight excluding hydrogens is 312 g/mol. The Morgan fingerprint density at radius 3 is 2.64 bits per heavy atom. The quantitative estimate of drug-likeness (QED) is 0.926. The summed E-state index contributed by atoms with van der Waals surface area (Å²) in [7, 11) is 0. The van der Waals surface area contributed by atoms with Crippen molar-refractivity contribution in [2.24, 2.45) is 0 Å². The molecule has 5 heteroatoms. The van der Waals surface area contributed by atoms with Crippen LogP contribution in [0.5, 0.6) is 0 Å². The van der Waals surface area contributed by atoms with E-state index in [4.69, 9.17) is 4.74 Å². The maximum absolute atomic E-state index is 9.47. The number of ether oxygens (including phenoxy) is 1. The predicted octanol–water partition coefficient (Wildman–Crippen LogP) is 3.41. The summed E-state index contributed by atoms with van der Waals surface area (Å²) in [5.41, 5.74) is 2.30. The molecule has 1 fully saturated rings. The molecule has 2 atom stereocenters. The molecule has 5 nitrogen and oxygen atoms in total. The van der Waals surface area contributed by atoms with Crippen LogP contribution in [0.3, 0.4) is 0 Å². The van der Waals surface area contributed by atoms with Gasteiger partial charge >= 0.3 is 0 Å². The normalized spacial score (nSPS) is 21.9. The molecule has 0 amide bonds. The lowest BCUT2D eigenvalue weighted by atomic mass is 9.99. The molecule has 1 saturated heterocycles. The largest absolute Gasteiger partial charge is 0.382 e. The van der Waals surface area contributed by atoms with Gasteiger partial charge in [0.1, 0.15) is 6.07 Å². The molecule has 2 unspecified atom stereocenters. The third kappa shape index (κ3) is 3.76. The average molecular weight is 338 g/mol. The van der Waals surface area contributed by atoms with Gasteiger partial charge in [-0.15, -0.1) is 0 Å². The van der Waals surface area contributed by atoms with E-state index in [-0.39, 0.29) is 17.7 Å². The van der Waals surface area contributed by atoms with Gasteiger partial charge in [0, 0.05) is 36.8 Å². The molecule has 0 spiro atoms. The Morgan fingerprint density at radius 1 is 1.28 bits per heavy atom. The fraction of sp³-hybridized carbons (Fsp3) is 0.500. The van der Waals surface area contributed by atoms with Gasteiger partial charge in [-0.1, -0.05) is 18.2 Å².